The fourth-order valence-corrected chi connectivity index (χ4v) is 1.02. The summed E-state index contributed by atoms with van der Waals surface area (Å²) < 4.78 is 4.41. The van der Waals surface area contributed by atoms with Gasteiger partial charge in [-0.15, -0.1) is 0 Å². The number of rotatable bonds is 1. The summed E-state index contributed by atoms with van der Waals surface area (Å²) in [5, 5.41) is 2.50. The number of aryl methyl sites for hydroxylation is 1. The first-order chi connectivity index (χ1) is 6.58. The summed E-state index contributed by atoms with van der Waals surface area (Å²) in [6.45, 7) is 1.84. The number of hydrogen-bond acceptors (Lipinski definition) is 4. The molecule has 1 amide bonds. The first-order valence-electron chi connectivity index (χ1n) is 3.80. The molecule has 1 rings (SSSR count). The second-order valence-corrected chi connectivity index (χ2v) is 2.87. The van der Waals surface area contributed by atoms with Crippen LogP contribution in [-0.4, -0.2) is 16.3 Å². The van der Waals surface area contributed by atoms with Crippen molar-refractivity contribution in [3.8, 4) is 0 Å². The fraction of sp³-hybridized carbons (Fsp3) is 0.125. The van der Waals surface area contributed by atoms with E-state index in [1.165, 1.54) is 0 Å². The molecule has 74 valence electrons. The number of carbonyl (C=O) groups excluding carboxylic acids is 1. The minimum absolute atomic E-state index is 0.115. The second kappa shape index (κ2) is 4.52. The molecule has 14 heavy (non-hydrogen) atoms. The smallest absolute Gasteiger partial charge is 0.383 e. The highest BCUT2D eigenvalue weighted by Crippen LogP contribution is 2.03. The molecule has 3 N–H and O–H groups in total. The third-order valence-corrected chi connectivity index (χ3v) is 1.50. The Morgan fingerprint density at radius 2 is 2.36 bits per heavy atom. The van der Waals surface area contributed by atoms with Gasteiger partial charge in [0.25, 0.3) is 5.17 Å². The summed E-state index contributed by atoms with van der Waals surface area (Å²) in [7, 11) is 0. The molecule has 0 bridgehead atoms. The molecule has 0 unspecified atom stereocenters. The quantitative estimate of drug-likeness (QED) is 0.682. The van der Waals surface area contributed by atoms with Crippen LogP contribution in [0.3, 0.4) is 0 Å². The van der Waals surface area contributed by atoms with Crippen molar-refractivity contribution < 1.29 is 9.53 Å². The number of nitrogens with one attached hydrogen (secondary N) is 1. The van der Waals surface area contributed by atoms with E-state index in [-0.39, 0.29) is 5.17 Å². The Balaban J connectivity index is 2.60. The maximum absolute atomic E-state index is 10.3. The van der Waals surface area contributed by atoms with Crippen LogP contribution < -0.4 is 11.1 Å². The number of pyridine rings is 1. The van der Waals surface area contributed by atoms with Crippen molar-refractivity contribution >= 4 is 29.3 Å². The van der Waals surface area contributed by atoms with Crippen molar-refractivity contribution in [2.24, 2.45) is 5.73 Å². The monoisotopic (exact) mass is 211 g/mol. The largest absolute Gasteiger partial charge is 0.411 e. The van der Waals surface area contributed by atoms with E-state index in [0.29, 0.717) is 5.82 Å². The fourth-order valence-electron chi connectivity index (χ4n) is 0.834. The van der Waals surface area contributed by atoms with Crippen molar-refractivity contribution in [2.45, 2.75) is 6.92 Å². The number of anilines is 1. The normalized spacial score (nSPS) is 9.21. The lowest BCUT2D eigenvalue weighted by atomic mass is 10.4. The van der Waals surface area contributed by atoms with E-state index in [1.54, 1.807) is 12.1 Å². The summed E-state index contributed by atoms with van der Waals surface area (Å²) in [5.74, 6) is 0.510. The molecule has 0 saturated heterocycles. The summed E-state index contributed by atoms with van der Waals surface area (Å²) in [6, 6.07) is 5.34. The van der Waals surface area contributed by atoms with Crippen LogP contribution in [0.5, 0.6) is 0 Å². The molecule has 6 heteroatoms. The number of nitrogens with zero attached hydrogens (tertiary/aromatic N) is 1. The van der Waals surface area contributed by atoms with Crippen LogP contribution in [0.15, 0.2) is 18.2 Å². The molecule has 0 aliphatic rings. The van der Waals surface area contributed by atoms with Gasteiger partial charge in [-0.3, -0.25) is 0 Å². The number of carbonyl (C=O) groups is 1. The van der Waals surface area contributed by atoms with E-state index in [9.17, 15) is 4.79 Å². The van der Waals surface area contributed by atoms with Crippen molar-refractivity contribution in [2.75, 3.05) is 5.32 Å². The number of ether oxygens (including phenoxy) is 1. The van der Waals surface area contributed by atoms with Crippen molar-refractivity contribution in [1.82, 2.24) is 4.98 Å². The van der Waals surface area contributed by atoms with E-state index in [4.69, 9.17) is 5.73 Å². The zero-order valence-corrected chi connectivity index (χ0v) is 8.30. The van der Waals surface area contributed by atoms with E-state index in [2.05, 4.69) is 27.3 Å². The number of thiocarbonyl (C=S) groups is 1. The second-order valence-electron chi connectivity index (χ2n) is 2.50. The molecule has 1 aromatic heterocycles. The van der Waals surface area contributed by atoms with E-state index < -0.39 is 6.09 Å². The molecule has 0 aliphatic carbocycles. The average molecular weight is 211 g/mol. The van der Waals surface area contributed by atoms with Gasteiger partial charge in [-0.2, -0.15) is 0 Å². The highest BCUT2D eigenvalue weighted by molar-refractivity contribution is 7.80. The highest BCUT2D eigenvalue weighted by Gasteiger charge is 2.02. The maximum Gasteiger partial charge on any atom is 0.411 e. The van der Waals surface area contributed by atoms with Gasteiger partial charge in [0.05, 0.1) is 0 Å². The van der Waals surface area contributed by atoms with Crippen molar-refractivity contribution in [3.63, 3.8) is 0 Å². The SMILES string of the molecule is Cc1cccc(NC(=S)OC(N)=O)n1. The van der Waals surface area contributed by atoms with Gasteiger partial charge in [-0.25, -0.2) is 9.78 Å². The van der Waals surface area contributed by atoms with Crippen molar-refractivity contribution in [3.05, 3.63) is 23.9 Å². The van der Waals surface area contributed by atoms with Gasteiger partial charge in [0.15, 0.2) is 0 Å². The Kier molecular flexibility index (Phi) is 3.35. The maximum atomic E-state index is 10.3. The number of primary amides is 1. The van der Waals surface area contributed by atoms with Gasteiger partial charge in [0.1, 0.15) is 5.82 Å². The topological polar surface area (TPSA) is 77.2 Å². The summed E-state index contributed by atoms with van der Waals surface area (Å²) in [5.41, 5.74) is 5.60. The van der Waals surface area contributed by atoms with Crippen LogP contribution in [0.2, 0.25) is 0 Å². The Labute approximate surface area is 86.3 Å². The van der Waals surface area contributed by atoms with Gasteiger partial charge in [0, 0.05) is 5.69 Å². The molecule has 0 spiro atoms. The van der Waals surface area contributed by atoms with Gasteiger partial charge in [-0.1, -0.05) is 6.07 Å². The lowest BCUT2D eigenvalue weighted by molar-refractivity contribution is 0.209. The molecule has 5 nitrogen and oxygen atoms in total. The predicted octanol–water partition coefficient (Wildman–Crippen LogP) is 1.18. The first-order valence-corrected chi connectivity index (χ1v) is 4.20. The number of amides is 1. The third-order valence-electron chi connectivity index (χ3n) is 1.31. The molecule has 1 aromatic rings. The van der Waals surface area contributed by atoms with Crippen LogP contribution in [-0.2, 0) is 4.74 Å². The standard InChI is InChI=1S/C8H9N3O2S/c1-5-3-2-4-6(10-5)11-8(14)13-7(9)12/h2-4H,1H3,(H2,9,12)(H,10,11,14). The number of aromatic nitrogens is 1. The van der Waals surface area contributed by atoms with Gasteiger partial charge >= 0.3 is 6.09 Å². The zero-order chi connectivity index (χ0) is 10.6. The summed E-state index contributed by atoms with van der Waals surface area (Å²) >= 11 is 4.68. The minimum atomic E-state index is -0.949. The van der Waals surface area contributed by atoms with Gasteiger partial charge in [0.2, 0.25) is 0 Å². The molecule has 1 heterocycles. The molecule has 0 fully saturated rings. The van der Waals surface area contributed by atoms with Gasteiger partial charge in [-0.05, 0) is 31.3 Å². The van der Waals surface area contributed by atoms with E-state index >= 15 is 0 Å². The Morgan fingerprint density at radius 3 is 2.93 bits per heavy atom. The third kappa shape index (κ3) is 3.36. The first kappa shape index (κ1) is 10.4. The molecule has 0 aromatic carbocycles. The number of nitrogens with two attached hydrogens (primary N) is 1. The molecular weight excluding hydrogens is 202 g/mol. The highest BCUT2D eigenvalue weighted by atomic mass is 32.1. The van der Waals surface area contributed by atoms with Crippen LogP contribution >= 0.6 is 12.2 Å². The summed E-state index contributed by atoms with van der Waals surface area (Å²) in [4.78, 5) is 14.4. The molecule has 0 aliphatic heterocycles. The lowest BCUT2D eigenvalue weighted by Gasteiger charge is -2.05. The van der Waals surface area contributed by atoms with Crippen molar-refractivity contribution in [1.29, 1.82) is 0 Å². The summed E-state index contributed by atoms with van der Waals surface area (Å²) in [6.07, 6.45) is -0.949. The Morgan fingerprint density at radius 1 is 1.64 bits per heavy atom. The van der Waals surface area contributed by atoms with Crippen LogP contribution in [0.1, 0.15) is 5.69 Å². The van der Waals surface area contributed by atoms with Gasteiger partial charge < -0.3 is 15.8 Å². The predicted molar refractivity (Wildman–Crippen MR) is 55.9 cm³/mol. The molecule has 0 radical (unpaired) electrons. The van der Waals surface area contributed by atoms with E-state index in [0.717, 1.165) is 5.69 Å². The minimum Gasteiger partial charge on any atom is -0.383 e. The van der Waals surface area contributed by atoms with Crippen LogP contribution in [0, 0.1) is 6.92 Å². The van der Waals surface area contributed by atoms with Crippen LogP contribution in [0.4, 0.5) is 10.6 Å². The zero-order valence-electron chi connectivity index (χ0n) is 7.48. The Bertz CT molecular complexity index is 367. The average Bonchev–Trinajstić information content (AvgIpc) is 2.01. The molecule has 0 saturated carbocycles. The van der Waals surface area contributed by atoms with Crippen LogP contribution in [0.25, 0.3) is 0 Å². The number of hydrogen-bond donors (Lipinski definition) is 2. The lowest BCUT2D eigenvalue weighted by Crippen LogP contribution is -2.22. The molecular formula is C8H9N3O2S. The molecule has 0 atom stereocenters. The van der Waals surface area contributed by atoms with E-state index in [1.807, 2.05) is 13.0 Å². The Hall–Kier alpha value is -1.69.